The molecule has 0 saturated carbocycles. The smallest absolute Gasteiger partial charge is 0.239 e. The molecule has 1 amide bonds. The van der Waals surface area contributed by atoms with Crippen LogP contribution < -0.4 is 5.73 Å². The highest BCUT2D eigenvalue weighted by molar-refractivity contribution is 5.81. The highest BCUT2D eigenvalue weighted by Gasteiger charge is 2.18. The molecule has 0 fully saturated rings. The molecule has 4 heteroatoms. The van der Waals surface area contributed by atoms with Crippen molar-refractivity contribution in [2.75, 3.05) is 6.54 Å². The van der Waals surface area contributed by atoms with Gasteiger partial charge in [0.1, 0.15) is 5.82 Å². The second-order valence-corrected chi connectivity index (χ2v) is 4.49. The fourth-order valence-electron chi connectivity index (χ4n) is 1.74. The summed E-state index contributed by atoms with van der Waals surface area (Å²) in [7, 11) is 0. The molecule has 1 atom stereocenters. The van der Waals surface area contributed by atoms with Crippen LogP contribution in [0.5, 0.6) is 0 Å². The molecule has 0 aliphatic rings. The Labute approximate surface area is 108 Å². The maximum atomic E-state index is 13.6. The van der Waals surface area contributed by atoms with Crippen LogP contribution in [0.4, 0.5) is 4.39 Å². The lowest BCUT2D eigenvalue weighted by Crippen LogP contribution is -2.42. The van der Waals surface area contributed by atoms with Crippen LogP contribution >= 0.6 is 0 Å². The first-order valence-corrected chi connectivity index (χ1v) is 6.34. The van der Waals surface area contributed by atoms with Gasteiger partial charge in [0.15, 0.2) is 0 Å². The minimum Gasteiger partial charge on any atom is -0.337 e. The molecule has 0 saturated heterocycles. The van der Waals surface area contributed by atoms with Crippen molar-refractivity contribution in [2.45, 2.75) is 39.3 Å². The molecule has 0 aliphatic heterocycles. The standard InChI is InChI=1S/C14H21FN2O/c1-3-4-9-17(14(18)11(2)16)10-12-7-5-6-8-13(12)15/h5-8,11H,3-4,9-10,16H2,1-2H3/t11-/m0/s1. The van der Waals surface area contributed by atoms with Crippen LogP contribution in [0.1, 0.15) is 32.3 Å². The number of nitrogens with zero attached hydrogens (tertiary/aromatic N) is 1. The molecular weight excluding hydrogens is 231 g/mol. The Morgan fingerprint density at radius 2 is 2.11 bits per heavy atom. The molecule has 0 spiro atoms. The van der Waals surface area contributed by atoms with Gasteiger partial charge in [-0.05, 0) is 19.4 Å². The maximum absolute atomic E-state index is 13.6. The van der Waals surface area contributed by atoms with Gasteiger partial charge in [0.25, 0.3) is 0 Å². The summed E-state index contributed by atoms with van der Waals surface area (Å²) in [5.41, 5.74) is 6.15. The second-order valence-electron chi connectivity index (χ2n) is 4.49. The average molecular weight is 252 g/mol. The van der Waals surface area contributed by atoms with E-state index in [1.54, 1.807) is 30.0 Å². The zero-order valence-corrected chi connectivity index (χ0v) is 11.0. The van der Waals surface area contributed by atoms with Crippen LogP contribution in [0, 0.1) is 5.82 Å². The van der Waals surface area contributed by atoms with Crippen molar-refractivity contribution in [1.29, 1.82) is 0 Å². The number of hydrogen-bond acceptors (Lipinski definition) is 2. The Balaban J connectivity index is 2.78. The van der Waals surface area contributed by atoms with Gasteiger partial charge in [-0.2, -0.15) is 0 Å². The third-order valence-electron chi connectivity index (χ3n) is 2.80. The molecule has 1 aromatic rings. The van der Waals surface area contributed by atoms with Crippen molar-refractivity contribution < 1.29 is 9.18 Å². The minimum absolute atomic E-state index is 0.133. The van der Waals surface area contributed by atoms with Crippen molar-refractivity contribution in [3.8, 4) is 0 Å². The maximum Gasteiger partial charge on any atom is 0.239 e. The van der Waals surface area contributed by atoms with E-state index in [0.29, 0.717) is 12.1 Å². The van der Waals surface area contributed by atoms with E-state index in [2.05, 4.69) is 6.92 Å². The van der Waals surface area contributed by atoms with Crippen molar-refractivity contribution >= 4 is 5.91 Å². The molecule has 1 aromatic carbocycles. The van der Waals surface area contributed by atoms with Crippen LogP contribution in [-0.4, -0.2) is 23.4 Å². The van der Waals surface area contributed by atoms with Gasteiger partial charge in [0, 0.05) is 18.7 Å². The molecule has 0 unspecified atom stereocenters. The molecule has 0 radical (unpaired) electrons. The van der Waals surface area contributed by atoms with Crippen LogP contribution in [-0.2, 0) is 11.3 Å². The zero-order chi connectivity index (χ0) is 13.5. The van der Waals surface area contributed by atoms with E-state index < -0.39 is 6.04 Å². The number of amides is 1. The summed E-state index contributed by atoms with van der Waals surface area (Å²) < 4.78 is 13.6. The van der Waals surface area contributed by atoms with Crippen molar-refractivity contribution in [1.82, 2.24) is 4.90 Å². The van der Waals surface area contributed by atoms with E-state index >= 15 is 0 Å². The summed E-state index contributed by atoms with van der Waals surface area (Å²) in [5, 5.41) is 0. The van der Waals surface area contributed by atoms with Crippen LogP contribution in [0.2, 0.25) is 0 Å². The quantitative estimate of drug-likeness (QED) is 0.844. The fraction of sp³-hybridized carbons (Fsp3) is 0.500. The molecule has 100 valence electrons. The molecule has 2 N–H and O–H groups in total. The second kappa shape index (κ2) is 7.11. The van der Waals surface area contributed by atoms with E-state index in [9.17, 15) is 9.18 Å². The highest BCUT2D eigenvalue weighted by Crippen LogP contribution is 2.11. The Morgan fingerprint density at radius 3 is 2.67 bits per heavy atom. The molecule has 3 nitrogen and oxygen atoms in total. The number of nitrogens with two attached hydrogens (primary N) is 1. The Bertz CT molecular complexity index is 393. The van der Waals surface area contributed by atoms with Gasteiger partial charge in [0.05, 0.1) is 6.04 Å². The summed E-state index contributed by atoms with van der Waals surface area (Å²) in [6.07, 6.45) is 1.88. The first kappa shape index (κ1) is 14.6. The van der Waals surface area contributed by atoms with Gasteiger partial charge in [-0.3, -0.25) is 4.79 Å². The van der Waals surface area contributed by atoms with Gasteiger partial charge < -0.3 is 10.6 Å². The molecule has 0 heterocycles. The monoisotopic (exact) mass is 252 g/mol. The molecule has 0 bridgehead atoms. The van der Waals surface area contributed by atoms with Crippen molar-refractivity contribution in [3.63, 3.8) is 0 Å². The number of halogens is 1. The zero-order valence-electron chi connectivity index (χ0n) is 11.0. The van der Waals surface area contributed by atoms with Gasteiger partial charge in [-0.1, -0.05) is 31.5 Å². The molecule has 1 rings (SSSR count). The van der Waals surface area contributed by atoms with Crippen LogP contribution in [0.15, 0.2) is 24.3 Å². The Kier molecular flexibility index (Phi) is 5.78. The lowest BCUT2D eigenvalue weighted by Gasteiger charge is -2.24. The normalized spacial score (nSPS) is 12.2. The lowest BCUT2D eigenvalue weighted by molar-refractivity contribution is -0.132. The molecule has 0 aromatic heterocycles. The van der Waals surface area contributed by atoms with Gasteiger partial charge in [0.2, 0.25) is 5.91 Å². The summed E-state index contributed by atoms with van der Waals surface area (Å²) in [4.78, 5) is 13.6. The first-order chi connectivity index (χ1) is 8.56. The van der Waals surface area contributed by atoms with Gasteiger partial charge in [-0.15, -0.1) is 0 Å². The van der Waals surface area contributed by atoms with E-state index in [1.165, 1.54) is 6.07 Å². The number of benzene rings is 1. The number of carbonyl (C=O) groups excluding carboxylic acids is 1. The van der Waals surface area contributed by atoms with Gasteiger partial charge >= 0.3 is 0 Å². The molecule has 18 heavy (non-hydrogen) atoms. The van der Waals surface area contributed by atoms with E-state index in [4.69, 9.17) is 5.73 Å². The Morgan fingerprint density at radius 1 is 1.44 bits per heavy atom. The van der Waals surface area contributed by atoms with Crippen molar-refractivity contribution in [2.24, 2.45) is 5.73 Å². The number of hydrogen-bond donors (Lipinski definition) is 1. The predicted octanol–water partition coefficient (Wildman–Crippen LogP) is 2.30. The summed E-state index contributed by atoms with van der Waals surface area (Å²) >= 11 is 0. The average Bonchev–Trinajstić information content (AvgIpc) is 2.35. The third-order valence-corrected chi connectivity index (χ3v) is 2.80. The van der Waals surface area contributed by atoms with E-state index in [1.807, 2.05) is 0 Å². The SMILES string of the molecule is CCCCN(Cc1ccccc1F)C(=O)[C@H](C)N. The summed E-state index contributed by atoms with van der Waals surface area (Å²) in [6.45, 7) is 4.61. The molecule has 0 aliphatic carbocycles. The number of carbonyl (C=O) groups is 1. The third kappa shape index (κ3) is 4.11. The van der Waals surface area contributed by atoms with E-state index in [0.717, 1.165) is 12.8 Å². The highest BCUT2D eigenvalue weighted by atomic mass is 19.1. The number of unbranched alkanes of at least 4 members (excludes halogenated alkanes) is 1. The largest absolute Gasteiger partial charge is 0.337 e. The van der Waals surface area contributed by atoms with Gasteiger partial charge in [-0.25, -0.2) is 4.39 Å². The van der Waals surface area contributed by atoms with E-state index in [-0.39, 0.29) is 18.3 Å². The first-order valence-electron chi connectivity index (χ1n) is 6.34. The topological polar surface area (TPSA) is 46.3 Å². The molecular formula is C14H21FN2O. The fourth-order valence-corrected chi connectivity index (χ4v) is 1.74. The minimum atomic E-state index is -0.548. The summed E-state index contributed by atoms with van der Waals surface area (Å²) in [5.74, 6) is -0.414. The number of rotatable bonds is 6. The van der Waals surface area contributed by atoms with Crippen LogP contribution in [0.3, 0.4) is 0 Å². The lowest BCUT2D eigenvalue weighted by atomic mass is 10.1. The summed E-state index contributed by atoms with van der Waals surface area (Å²) in [6, 6.07) is 5.97. The Hall–Kier alpha value is -1.42. The van der Waals surface area contributed by atoms with Crippen molar-refractivity contribution in [3.05, 3.63) is 35.6 Å². The van der Waals surface area contributed by atoms with Crippen LogP contribution in [0.25, 0.3) is 0 Å². The predicted molar refractivity (Wildman–Crippen MR) is 70.4 cm³/mol.